The minimum absolute atomic E-state index is 0.101. The molecule has 0 fully saturated rings. The second-order valence-corrected chi connectivity index (χ2v) is 12.9. The van der Waals surface area contributed by atoms with Crippen LogP contribution >= 0.6 is 63.7 Å². The molecule has 0 aromatic heterocycles. The maximum atomic E-state index is 5.46. The number of hydrogen-bond donors (Lipinski definition) is 0. The third-order valence-corrected chi connectivity index (χ3v) is 5.05. The van der Waals surface area contributed by atoms with E-state index in [4.69, 9.17) is 4.74 Å². The van der Waals surface area contributed by atoms with Crippen molar-refractivity contribution >= 4 is 69.6 Å². The van der Waals surface area contributed by atoms with E-state index >= 15 is 0 Å². The second-order valence-electron chi connectivity index (χ2n) is 4.58. The summed E-state index contributed by atoms with van der Waals surface area (Å²) in [6, 6.07) is 0. The average molecular weight is 485 g/mol. The van der Waals surface area contributed by atoms with Gasteiger partial charge in [0.25, 0.3) is 0 Å². The molecular formula is C10H15Br4NO. The number of aliphatic imine (C=N–C) groups is 1. The fourth-order valence-corrected chi connectivity index (χ4v) is 4.39. The summed E-state index contributed by atoms with van der Waals surface area (Å²) >= 11 is 14.3. The predicted octanol–water partition coefficient (Wildman–Crippen LogP) is 4.82. The van der Waals surface area contributed by atoms with Gasteiger partial charge in [-0.05, 0) is 11.8 Å². The Hall–Kier alpha value is 1.39. The van der Waals surface area contributed by atoms with Crippen molar-refractivity contribution in [1.82, 2.24) is 0 Å². The molecule has 1 heterocycles. The Kier molecular flexibility index (Phi) is 5.81. The molecule has 1 unspecified atom stereocenters. The zero-order chi connectivity index (χ0) is 12.4. The Morgan fingerprint density at radius 1 is 1.38 bits per heavy atom. The van der Waals surface area contributed by atoms with E-state index in [9.17, 15) is 0 Å². The predicted molar refractivity (Wildman–Crippen MR) is 83.5 cm³/mol. The quantitative estimate of drug-likeness (QED) is 0.524. The molecular weight excluding hydrogens is 470 g/mol. The van der Waals surface area contributed by atoms with Crippen molar-refractivity contribution < 1.29 is 4.74 Å². The molecule has 0 saturated heterocycles. The standard InChI is InChI=1S/C10H15Br4NO/c1-9(2,6-8-15-3-4-16-8)7(11)5-10(12,13)14/h7H,3-6H2,1-2H3. The summed E-state index contributed by atoms with van der Waals surface area (Å²) in [5.74, 6) is 0.888. The van der Waals surface area contributed by atoms with Crippen LogP contribution in [0.15, 0.2) is 4.99 Å². The van der Waals surface area contributed by atoms with Gasteiger partial charge in [-0.25, -0.2) is 0 Å². The molecule has 1 atom stereocenters. The second kappa shape index (κ2) is 6.02. The van der Waals surface area contributed by atoms with Gasteiger partial charge in [-0.15, -0.1) is 0 Å². The number of alkyl halides is 4. The third kappa shape index (κ3) is 5.36. The van der Waals surface area contributed by atoms with Crippen molar-refractivity contribution in [3.8, 4) is 0 Å². The molecule has 94 valence electrons. The van der Waals surface area contributed by atoms with Crippen LogP contribution in [-0.2, 0) is 4.74 Å². The Bertz CT molecular complexity index is 272. The highest BCUT2D eigenvalue weighted by Crippen LogP contribution is 2.45. The first-order valence-corrected chi connectivity index (χ1v) is 8.37. The van der Waals surface area contributed by atoms with Crippen molar-refractivity contribution in [3.63, 3.8) is 0 Å². The van der Waals surface area contributed by atoms with E-state index < -0.39 is 0 Å². The Morgan fingerprint density at radius 3 is 2.44 bits per heavy atom. The summed E-state index contributed by atoms with van der Waals surface area (Å²) in [5, 5.41) is 0. The molecule has 2 nitrogen and oxygen atoms in total. The largest absolute Gasteiger partial charge is 0.479 e. The van der Waals surface area contributed by atoms with Gasteiger partial charge in [-0.1, -0.05) is 77.6 Å². The molecule has 0 radical (unpaired) electrons. The molecule has 0 aromatic rings. The molecule has 1 aliphatic heterocycles. The summed E-state index contributed by atoms with van der Waals surface area (Å²) in [7, 11) is 0. The summed E-state index contributed by atoms with van der Waals surface area (Å²) in [4.78, 5) is 4.69. The van der Waals surface area contributed by atoms with Crippen molar-refractivity contribution in [1.29, 1.82) is 0 Å². The van der Waals surface area contributed by atoms with E-state index in [2.05, 4.69) is 82.6 Å². The summed E-state index contributed by atoms with van der Waals surface area (Å²) < 4.78 is 5.25. The zero-order valence-electron chi connectivity index (χ0n) is 9.27. The molecule has 0 saturated carbocycles. The van der Waals surface area contributed by atoms with Crippen molar-refractivity contribution in [2.75, 3.05) is 13.2 Å². The molecule has 1 aliphatic rings. The van der Waals surface area contributed by atoms with E-state index in [1.54, 1.807) is 0 Å². The summed E-state index contributed by atoms with van der Waals surface area (Å²) in [6.45, 7) is 5.97. The first-order valence-electron chi connectivity index (χ1n) is 5.08. The van der Waals surface area contributed by atoms with Gasteiger partial charge in [0, 0.05) is 11.2 Å². The van der Waals surface area contributed by atoms with Gasteiger partial charge in [0.2, 0.25) is 0 Å². The zero-order valence-corrected chi connectivity index (χ0v) is 15.6. The van der Waals surface area contributed by atoms with E-state index in [-0.39, 0.29) is 7.56 Å². The highest BCUT2D eigenvalue weighted by molar-refractivity contribution is 9.39. The number of ether oxygens (including phenoxy) is 1. The fraction of sp³-hybridized carbons (Fsp3) is 0.900. The minimum atomic E-state index is -0.212. The van der Waals surface area contributed by atoms with Crippen LogP contribution in [0.1, 0.15) is 26.7 Å². The molecule has 0 spiro atoms. The van der Waals surface area contributed by atoms with Crippen LogP contribution in [0.2, 0.25) is 0 Å². The highest BCUT2D eigenvalue weighted by atomic mass is 80.0. The smallest absolute Gasteiger partial charge is 0.183 e. The summed E-state index contributed by atoms with van der Waals surface area (Å²) in [6.07, 6.45) is 1.78. The van der Waals surface area contributed by atoms with Crippen LogP contribution < -0.4 is 0 Å². The molecule has 0 N–H and O–H groups in total. The first kappa shape index (κ1) is 15.4. The van der Waals surface area contributed by atoms with Gasteiger partial charge < -0.3 is 4.74 Å². The Morgan fingerprint density at radius 2 is 2.00 bits per heavy atom. The molecule has 16 heavy (non-hydrogen) atoms. The fourth-order valence-electron chi connectivity index (χ4n) is 1.47. The van der Waals surface area contributed by atoms with E-state index in [1.807, 2.05) is 0 Å². The van der Waals surface area contributed by atoms with Gasteiger partial charge in [0.1, 0.15) is 8.75 Å². The number of halogens is 4. The van der Waals surface area contributed by atoms with Crippen LogP contribution in [0.3, 0.4) is 0 Å². The SMILES string of the molecule is CC(C)(CC1=NCCO1)C(Br)CC(Br)(Br)Br. The van der Waals surface area contributed by atoms with Crippen molar-refractivity contribution in [2.24, 2.45) is 10.4 Å². The lowest BCUT2D eigenvalue weighted by Crippen LogP contribution is -2.30. The lowest BCUT2D eigenvalue weighted by Gasteiger charge is -2.32. The van der Waals surface area contributed by atoms with Gasteiger partial charge in [-0.2, -0.15) is 0 Å². The molecule has 6 heteroatoms. The third-order valence-electron chi connectivity index (χ3n) is 2.51. The van der Waals surface area contributed by atoms with E-state index in [0.29, 0.717) is 4.83 Å². The minimum Gasteiger partial charge on any atom is -0.479 e. The van der Waals surface area contributed by atoms with Gasteiger partial charge in [-0.3, -0.25) is 4.99 Å². The van der Waals surface area contributed by atoms with Crippen molar-refractivity contribution in [2.45, 2.75) is 33.7 Å². The van der Waals surface area contributed by atoms with Crippen LogP contribution in [-0.4, -0.2) is 26.0 Å². The number of rotatable bonds is 4. The number of hydrogen-bond acceptors (Lipinski definition) is 2. The lowest BCUT2D eigenvalue weighted by molar-refractivity contribution is 0.294. The lowest BCUT2D eigenvalue weighted by atomic mass is 9.84. The maximum Gasteiger partial charge on any atom is 0.183 e. The van der Waals surface area contributed by atoms with Gasteiger partial charge in [0.05, 0.1) is 6.54 Å². The van der Waals surface area contributed by atoms with E-state index in [1.165, 1.54) is 0 Å². The van der Waals surface area contributed by atoms with Gasteiger partial charge >= 0.3 is 0 Å². The van der Waals surface area contributed by atoms with Crippen LogP contribution in [0.4, 0.5) is 0 Å². The average Bonchev–Trinajstić information content (AvgIpc) is 2.52. The summed E-state index contributed by atoms with van der Waals surface area (Å²) in [5.41, 5.74) is 0.101. The van der Waals surface area contributed by atoms with E-state index in [0.717, 1.165) is 31.9 Å². The normalized spacial score (nSPS) is 19.2. The topological polar surface area (TPSA) is 21.6 Å². The van der Waals surface area contributed by atoms with Gasteiger partial charge in [0.15, 0.2) is 5.90 Å². The molecule has 0 amide bonds. The highest BCUT2D eigenvalue weighted by Gasteiger charge is 2.35. The molecule has 0 aromatic carbocycles. The number of nitrogens with zero attached hydrogens (tertiary/aromatic N) is 1. The van der Waals surface area contributed by atoms with Crippen LogP contribution in [0.25, 0.3) is 0 Å². The molecule has 1 rings (SSSR count). The Balaban J connectivity index is 2.54. The van der Waals surface area contributed by atoms with Crippen molar-refractivity contribution in [3.05, 3.63) is 0 Å². The van der Waals surface area contributed by atoms with Crippen LogP contribution in [0, 0.1) is 5.41 Å². The molecule has 0 aliphatic carbocycles. The Labute approximate surface area is 130 Å². The monoisotopic (exact) mass is 481 g/mol. The first-order chi connectivity index (χ1) is 7.21. The van der Waals surface area contributed by atoms with Crippen LogP contribution in [0.5, 0.6) is 0 Å². The maximum absolute atomic E-state index is 5.46. The molecule has 0 bridgehead atoms.